The number of carbonyl (C=O) groups is 2. The molecule has 2 unspecified atom stereocenters. The van der Waals surface area contributed by atoms with Gasteiger partial charge < -0.3 is 24.8 Å². The number of methoxy groups -OCH3 is 1. The molecule has 30 heavy (non-hydrogen) atoms. The number of benzene rings is 1. The average molecular weight is 421 g/mol. The van der Waals surface area contributed by atoms with E-state index in [1.807, 2.05) is 45.9 Å². The van der Waals surface area contributed by atoms with Crippen molar-refractivity contribution in [2.45, 2.75) is 65.6 Å². The van der Waals surface area contributed by atoms with Crippen molar-refractivity contribution in [3.8, 4) is 11.5 Å². The Hall–Kier alpha value is -2.28. The van der Waals surface area contributed by atoms with Crippen molar-refractivity contribution in [3.05, 3.63) is 23.8 Å². The minimum Gasteiger partial charge on any atom is -0.493 e. The van der Waals surface area contributed by atoms with E-state index in [1.54, 1.807) is 7.11 Å². The Labute approximate surface area is 179 Å². The summed E-state index contributed by atoms with van der Waals surface area (Å²) in [7, 11) is 1.59. The number of rotatable bonds is 11. The van der Waals surface area contributed by atoms with Crippen molar-refractivity contribution in [1.82, 2.24) is 10.6 Å². The van der Waals surface area contributed by atoms with Crippen molar-refractivity contribution >= 4 is 11.8 Å². The monoisotopic (exact) mass is 420 g/mol. The lowest BCUT2D eigenvalue weighted by Crippen LogP contribution is -2.49. The van der Waals surface area contributed by atoms with Crippen LogP contribution in [-0.2, 0) is 20.9 Å². The standard InChI is InChI=1S/C23H36N2O5/c1-15(2)11-21(26)25-22(16(3)4)23(27)24-13-17-8-9-19(20(12-17)28-5)30-14-18-7-6-10-29-18/h8-9,12,15-16,18,22H,6-7,10-11,13-14H2,1-5H3,(H,24,27)(H,25,26). The first kappa shape index (κ1) is 24.0. The van der Waals surface area contributed by atoms with E-state index in [9.17, 15) is 9.59 Å². The molecule has 1 saturated heterocycles. The third kappa shape index (κ3) is 7.52. The van der Waals surface area contributed by atoms with Gasteiger partial charge in [-0.1, -0.05) is 33.8 Å². The van der Waals surface area contributed by atoms with Gasteiger partial charge in [0, 0.05) is 19.6 Å². The molecule has 1 aromatic rings. The molecule has 2 amide bonds. The van der Waals surface area contributed by atoms with Crippen LogP contribution in [0.25, 0.3) is 0 Å². The van der Waals surface area contributed by atoms with Gasteiger partial charge in [0.1, 0.15) is 12.6 Å². The summed E-state index contributed by atoms with van der Waals surface area (Å²) < 4.78 is 16.9. The fourth-order valence-electron chi connectivity index (χ4n) is 3.34. The lowest BCUT2D eigenvalue weighted by molar-refractivity contribution is -0.130. The maximum atomic E-state index is 12.7. The maximum Gasteiger partial charge on any atom is 0.243 e. The van der Waals surface area contributed by atoms with E-state index in [-0.39, 0.29) is 29.8 Å². The fourth-order valence-corrected chi connectivity index (χ4v) is 3.34. The van der Waals surface area contributed by atoms with Gasteiger partial charge in [-0.2, -0.15) is 0 Å². The van der Waals surface area contributed by atoms with Gasteiger partial charge in [0.25, 0.3) is 0 Å². The van der Waals surface area contributed by atoms with Crippen LogP contribution in [0.3, 0.4) is 0 Å². The van der Waals surface area contributed by atoms with Crippen molar-refractivity contribution in [1.29, 1.82) is 0 Å². The molecule has 1 aromatic carbocycles. The van der Waals surface area contributed by atoms with E-state index in [4.69, 9.17) is 14.2 Å². The zero-order valence-electron chi connectivity index (χ0n) is 18.8. The normalized spacial score (nSPS) is 17.1. The molecule has 0 spiro atoms. The summed E-state index contributed by atoms with van der Waals surface area (Å²) in [6.07, 6.45) is 2.62. The van der Waals surface area contributed by atoms with Crippen LogP contribution in [0.1, 0.15) is 52.5 Å². The van der Waals surface area contributed by atoms with Crippen LogP contribution in [0.2, 0.25) is 0 Å². The molecule has 2 rings (SSSR count). The molecule has 0 bridgehead atoms. The van der Waals surface area contributed by atoms with Crippen LogP contribution >= 0.6 is 0 Å². The van der Waals surface area contributed by atoms with Gasteiger partial charge in [0.2, 0.25) is 11.8 Å². The zero-order chi connectivity index (χ0) is 22.1. The van der Waals surface area contributed by atoms with Crippen molar-refractivity contribution in [3.63, 3.8) is 0 Å². The van der Waals surface area contributed by atoms with Crippen molar-refractivity contribution < 1.29 is 23.8 Å². The van der Waals surface area contributed by atoms with E-state index in [0.717, 1.165) is 25.0 Å². The predicted molar refractivity (Wildman–Crippen MR) is 116 cm³/mol. The van der Waals surface area contributed by atoms with E-state index < -0.39 is 6.04 Å². The quantitative estimate of drug-likeness (QED) is 0.575. The smallest absolute Gasteiger partial charge is 0.243 e. The summed E-state index contributed by atoms with van der Waals surface area (Å²) in [5.41, 5.74) is 0.890. The molecule has 1 fully saturated rings. The molecule has 0 saturated carbocycles. The first-order valence-electron chi connectivity index (χ1n) is 10.8. The minimum atomic E-state index is -0.563. The highest BCUT2D eigenvalue weighted by molar-refractivity contribution is 5.87. The van der Waals surface area contributed by atoms with Crippen molar-refractivity contribution in [2.24, 2.45) is 11.8 Å². The lowest BCUT2D eigenvalue weighted by Gasteiger charge is -2.22. The second-order valence-electron chi connectivity index (χ2n) is 8.54. The molecule has 2 atom stereocenters. The maximum absolute atomic E-state index is 12.7. The Bertz CT molecular complexity index is 699. The van der Waals surface area contributed by atoms with E-state index >= 15 is 0 Å². The van der Waals surface area contributed by atoms with E-state index in [2.05, 4.69) is 10.6 Å². The van der Waals surface area contributed by atoms with Gasteiger partial charge >= 0.3 is 0 Å². The van der Waals surface area contributed by atoms with Gasteiger partial charge in [-0.15, -0.1) is 0 Å². The van der Waals surface area contributed by atoms with Crippen LogP contribution in [-0.4, -0.2) is 44.3 Å². The van der Waals surface area contributed by atoms with Gasteiger partial charge in [0.15, 0.2) is 11.5 Å². The Morgan fingerprint density at radius 2 is 1.97 bits per heavy atom. The van der Waals surface area contributed by atoms with Gasteiger partial charge in [-0.05, 0) is 42.4 Å². The number of hydrogen-bond donors (Lipinski definition) is 2. The number of amides is 2. The Balaban J connectivity index is 1.92. The van der Waals surface area contributed by atoms with Gasteiger partial charge in [0.05, 0.1) is 13.2 Å². The van der Waals surface area contributed by atoms with Crippen molar-refractivity contribution in [2.75, 3.05) is 20.3 Å². The fraction of sp³-hybridized carbons (Fsp3) is 0.652. The molecule has 1 aliphatic rings. The highest BCUT2D eigenvalue weighted by atomic mass is 16.5. The lowest BCUT2D eigenvalue weighted by atomic mass is 10.0. The second kappa shape index (κ2) is 11.8. The summed E-state index contributed by atoms with van der Waals surface area (Å²) >= 11 is 0. The molecular formula is C23H36N2O5. The first-order valence-corrected chi connectivity index (χ1v) is 10.8. The molecule has 0 aliphatic carbocycles. The Morgan fingerprint density at radius 1 is 1.20 bits per heavy atom. The van der Waals surface area contributed by atoms with Crippen LogP contribution in [0.5, 0.6) is 11.5 Å². The summed E-state index contributed by atoms with van der Waals surface area (Å²) in [6, 6.07) is 5.04. The molecule has 168 valence electrons. The summed E-state index contributed by atoms with van der Waals surface area (Å²) in [6.45, 7) is 9.42. The third-order valence-electron chi connectivity index (χ3n) is 5.00. The molecule has 1 heterocycles. The molecule has 1 aliphatic heterocycles. The summed E-state index contributed by atoms with van der Waals surface area (Å²) in [5, 5.41) is 5.77. The minimum absolute atomic E-state index is 0.00997. The van der Waals surface area contributed by atoms with Crippen LogP contribution in [0.15, 0.2) is 18.2 Å². The third-order valence-corrected chi connectivity index (χ3v) is 5.00. The highest BCUT2D eigenvalue weighted by Gasteiger charge is 2.24. The summed E-state index contributed by atoms with van der Waals surface area (Å²) in [4.78, 5) is 24.7. The van der Waals surface area contributed by atoms with Crippen LogP contribution in [0.4, 0.5) is 0 Å². The van der Waals surface area contributed by atoms with Crippen LogP contribution < -0.4 is 20.1 Å². The Morgan fingerprint density at radius 3 is 2.57 bits per heavy atom. The van der Waals surface area contributed by atoms with E-state index in [1.165, 1.54) is 0 Å². The largest absolute Gasteiger partial charge is 0.493 e. The van der Waals surface area contributed by atoms with Gasteiger partial charge in [-0.3, -0.25) is 9.59 Å². The molecule has 2 N–H and O–H groups in total. The summed E-state index contributed by atoms with van der Waals surface area (Å²) in [5.74, 6) is 1.21. The number of hydrogen-bond acceptors (Lipinski definition) is 5. The predicted octanol–water partition coefficient (Wildman–Crippen LogP) is 3.06. The first-order chi connectivity index (χ1) is 14.3. The molecule has 0 aromatic heterocycles. The second-order valence-corrected chi connectivity index (χ2v) is 8.54. The topological polar surface area (TPSA) is 85.9 Å². The number of carbonyl (C=O) groups excluding carboxylic acids is 2. The molecule has 0 radical (unpaired) electrons. The van der Waals surface area contributed by atoms with E-state index in [0.29, 0.717) is 31.1 Å². The average Bonchev–Trinajstić information content (AvgIpc) is 3.21. The molecule has 7 heteroatoms. The highest BCUT2D eigenvalue weighted by Crippen LogP contribution is 2.29. The SMILES string of the molecule is COc1cc(CNC(=O)C(NC(=O)CC(C)C)C(C)C)ccc1OCC1CCCO1. The number of ether oxygens (including phenoxy) is 3. The molecule has 7 nitrogen and oxygen atoms in total. The number of nitrogens with one attached hydrogen (secondary N) is 2. The van der Waals surface area contributed by atoms with Crippen LogP contribution in [0, 0.1) is 11.8 Å². The Kier molecular flexibility index (Phi) is 9.43. The zero-order valence-corrected chi connectivity index (χ0v) is 18.8. The molecular weight excluding hydrogens is 384 g/mol. The van der Waals surface area contributed by atoms with Gasteiger partial charge in [-0.25, -0.2) is 0 Å².